The SMILES string of the molecule is c1csc(CCOc2nc3ccccc3nc2-c2cc3ccccc3o2)c1. The maximum atomic E-state index is 6.04. The number of para-hydroxylation sites is 3. The maximum Gasteiger partial charge on any atom is 0.244 e. The molecule has 0 aliphatic heterocycles. The van der Waals surface area contributed by atoms with E-state index < -0.39 is 0 Å². The van der Waals surface area contributed by atoms with Gasteiger partial charge >= 0.3 is 0 Å². The number of nitrogens with zero attached hydrogens (tertiary/aromatic N) is 2. The van der Waals surface area contributed by atoms with E-state index in [9.17, 15) is 0 Å². The Labute approximate surface area is 160 Å². The summed E-state index contributed by atoms with van der Waals surface area (Å²) in [6, 6.07) is 21.9. The van der Waals surface area contributed by atoms with E-state index in [1.807, 2.05) is 54.6 Å². The number of ether oxygens (including phenoxy) is 1. The lowest BCUT2D eigenvalue weighted by Crippen LogP contribution is -2.04. The number of rotatable bonds is 5. The molecule has 3 heterocycles. The summed E-state index contributed by atoms with van der Waals surface area (Å²) in [6.07, 6.45) is 0.839. The van der Waals surface area contributed by atoms with Gasteiger partial charge in [-0.3, -0.25) is 0 Å². The first-order valence-electron chi connectivity index (χ1n) is 8.78. The summed E-state index contributed by atoms with van der Waals surface area (Å²) in [5.74, 6) is 1.17. The fourth-order valence-corrected chi connectivity index (χ4v) is 3.74. The van der Waals surface area contributed by atoms with Crippen LogP contribution in [0.4, 0.5) is 0 Å². The second-order valence-corrected chi connectivity index (χ2v) is 7.22. The van der Waals surface area contributed by atoms with E-state index in [1.54, 1.807) is 11.3 Å². The fraction of sp³-hybridized carbons (Fsp3) is 0.0909. The zero-order valence-corrected chi connectivity index (χ0v) is 15.3. The monoisotopic (exact) mass is 372 g/mol. The minimum atomic E-state index is 0.504. The van der Waals surface area contributed by atoms with Gasteiger partial charge in [0.15, 0.2) is 11.5 Å². The molecule has 5 heteroatoms. The smallest absolute Gasteiger partial charge is 0.244 e. The lowest BCUT2D eigenvalue weighted by molar-refractivity contribution is 0.311. The summed E-state index contributed by atoms with van der Waals surface area (Å²) in [5, 5.41) is 3.11. The van der Waals surface area contributed by atoms with Gasteiger partial charge in [-0.15, -0.1) is 11.3 Å². The molecule has 0 unspecified atom stereocenters. The van der Waals surface area contributed by atoms with Crippen molar-refractivity contribution < 1.29 is 9.15 Å². The van der Waals surface area contributed by atoms with Crippen LogP contribution in [0, 0.1) is 0 Å². The van der Waals surface area contributed by atoms with Crippen LogP contribution in [0.15, 0.2) is 76.5 Å². The first-order chi connectivity index (χ1) is 13.4. The van der Waals surface area contributed by atoms with Crippen molar-refractivity contribution in [3.8, 4) is 17.3 Å². The van der Waals surface area contributed by atoms with Gasteiger partial charge in [-0.1, -0.05) is 36.4 Å². The van der Waals surface area contributed by atoms with Crippen molar-refractivity contribution in [1.82, 2.24) is 9.97 Å². The minimum Gasteiger partial charge on any atom is -0.476 e. The van der Waals surface area contributed by atoms with E-state index in [-0.39, 0.29) is 0 Å². The van der Waals surface area contributed by atoms with E-state index in [0.717, 1.165) is 28.4 Å². The number of fused-ring (bicyclic) bond motifs is 2. The van der Waals surface area contributed by atoms with Gasteiger partial charge in [-0.2, -0.15) is 0 Å². The Morgan fingerprint density at radius 2 is 1.70 bits per heavy atom. The number of aromatic nitrogens is 2. The molecule has 0 N–H and O–H groups in total. The highest BCUT2D eigenvalue weighted by molar-refractivity contribution is 7.09. The Kier molecular flexibility index (Phi) is 4.07. The molecule has 0 atom stereocenters. The van der Waals surface area contributed by atoms with Crippen LogP contribution in [0.25, 0.3) is 33.5 Å². The molecule has 5 rings (SSSR count). The van der Waals surface area contributed by atoms with Crippen LogP contribution in [-0.2, 0) is 6.42 Å². The number of hydrogen-bond acceptors (Lipinski definition) is 5. The van der Waals surface area contributed by atoms with Gasteiger partial charge in [0.2, 0.25) is 5.88 Å². The number of benzene rings is 2. The molecular formula is C22H16N2O2S. The van der Waals surface area contributed by atoms with E-state index in [0.29, 0.717) is 23.9 Å². The highest BCUT2D eigenvalue weighted by atomic mass is 32.1. The molecule has 2 aromatic carbocycles. The third-order valence-electron chi connectivity index (χ3n) is 4.36. The highest BCUT2D eigenvalue weighted by Gasteiger charge is 2.16. The minimum absolute atomic E-state index is 0.504. The zero-order valence-electron chi connectivity index (χ0n) is 14.5. The molecule has 0 saturated carbocycles. The molecule has 132 valence electrons. The third-order valence-corrected chi connectivity index (χ3v) is 5.30. The van der Waals surface area contributed by atoms with Crippen molar-refractivity contribution in [3.05, 3.63) is 77.0 Å². The molecule has 0 aliphatic carbocycles. The van der Waals surface area contributed by atoms with Crippen molar-refractivity contribution in [1.29, 1.82) is 0 Å². The molecule has 0 radical (unpaired) electrons. The molecule has 0 aliphatic rings. The van der Waals surface area contributed by atoms with Gasteiger partial charge in [0.25, 0.3) is 0 Å². The van der Waals surface area contributed by atoms with Gasteiger partial charge in [-0.05, 0) is 35.7 Å². The van der Waals surface area contributed by atoms with E-state index >= 15 is 0 Å². The lowest BCUT2D eigenvalue weighted by Gasteiger charge is -2.09. The summed E-state index contributed by atoms with van der Waals surface area (Å²) in [5.41, 5.74) is 3.09. The van der Waals surface area contributed by atoms with Gasteiger partial charge in [0.1, 0.15) is 5.58 Å². The summed E-state index contributed by atoms with van der Waals surface area (Å²) in [6.45, 7) is 0.542. The third kappa shape index (κ3) is 3.17. The molecular weight excluding hydrogens is 356 g/mol. The van der Waals surface area contributed by atoms with Crippen molar-refractivity contribution in [2.75, 3.05) is 6.61 Å². The summed E-state index contributed by atoms with van der Waals surface area (Å²) < 4.78 is 12.1. The summed E-state index contributed by atoms with van der Waals surface area (Å²) >= 11 is 1.73. The Bertz CT molecular complexity index is 1180. The first-order valence-corrected chi connectivity index (χ1v) is 9.66. The number of thiophene rings is 1. The molecule has 0 amide bonds. The van der Waals surface area contributed by atoms with E-state index in [4.69, 9.17) is 19.1 Å². The Hall–Kier alpha value is -3.18. The van der Waals surface area contributed by atoms with E-state index in [1.165, 1.54) is 4.88 Å². The van der Waals surface area contributed by atoms with Crippen molar-refractivity contribution in [3.63, 3.8) is 0 Å². The number of hydrogen-bond donors (Lipinski definition) is 0. The Balaban J connectivity index is 1.55. The predicted octanol–water partition coefficient (Wildman–Crippen LogP) is 5.73. The Morgan fingerprint density at radius 1 is 0.889 bits per heavy atom. The quantitative estimate of drug-likeness (QED) is 0.395. The second-order valence-electron chi connectivity index (χ2n) is 6.19. The largest absolute Gasteiger partial charge is 0.476 e. The summed E-state index contributed by atoms with van der Waals surface area (Å²) in [4.78, 5) is 10.8. The normalized spacial score (nSPS) is 11.3. The molecule has 0 fully saturated rings. The summed E-state index contributed by atoms with van der Waals surface area (Å²) in [7, 11) is 0. The second kappa shape index (κ2) is 6.85. The van der Waals surface area contributed by atoms with Crippen molar-refractivity contribution >= 4 is 33.3 Å². The zero-order chi connectivity index (χ0) is 18.1. The van der Waals surface area contributed by atoms with Gasteiger partial charge in [0.05, 0.1) is 17.6 Å². The molecule has 0 bridgehead atoms. The molecule has 0 saturated heterocycles. The van der Waals surface area contributed by atoms with Crippen LogP contribution in [0.2, 0.25) is 0 Å². The standard InChI is InChI=1S/C22H16N2O2S/c1-4-10-19-15(6-1)14-20(26-19)21-22(25-12-11-16-7-5-13-27-16)24-18-9-3-2-8-17(18)23-21/h1-10,13-14H,11-12H2. The Morgan fingerprint density at radius 3 is 2.52 bits per heavy atom. The average Bonchev–Trinajstić information content (AvgIpc) is 3.37. The topological polar surface area (TPSA) is 48.2 Å². The van der Waals surface area contributed by atoms with Gasteiger partial charge in [0, 0.05) is 16.7 Å². The maximum absolute atomic E-state index is 6.04. The predicted molar refractivity (Wildman–Crippen MR) is 108 cm³/mol. The van der Waals surface area contributed by atoms with Crippen LogP contribution < -0.4 is 4.74 Å². The average molecular weight is 372 g/mol. The van der Waals surface area contributed by atoms with E-state index in [2.05, 4.69) is 17.5 Å². The van der Waals surface area contributed by atoms with Crippen LogP contribution in [0.5, 0.6) is 5.88 Å². The molecule has 3 aromatic heterocycles. The first kappa shape index (κ1) is 16.0. The molecule has 4 nitrogen and oxygen atoms in total. The van der Waals surface area contributed by atoms with Crippen molar-refractivity contribution in [2.24, 2.45) is 0 Å². The van der Waals surface area contributed by atoms with Crippen LogP contribution in [0.3, 0.4) is 0 Å². The van der Waals surface area contributed by atoms with Crippen LogP contribution >= 0.6 is 11.3 Å². The van der Waals surface area contributed by atoms with Gasteiger partial charge < -0.3 is 9.15 Å². The van der Waals surface area contributed by atoms with Crippen LogP contribution in [0.1, 0.15) is 4.88 Å². The number of furan rings is 1. The lowest BCUT2D eigenvalue weighted by atomic mass is 10.2. The van der Waals surface area contributed by atoms with Crippen molar-refractivity contribution in [2.45, 2.75) is 6.42 Å². The fourth-order valence-electron chi connectivity index (χ4n) is 3.05. The molecule has 0 spiro atoms. The highest BCUT2D eigenvalue weighted by Crippen LogP contribution is 2.33. The van der Waals surface area contributed by atoms with Gasteiger partial charge in [-0.25, -0.2) is 9.97 Å². The van der Waals surface area contributed by atoms with Crippen LogP contribution in [-0.4, -0.2) is 16.6 Å². The molecule has 5 aromatic rings. The molecule has 27 heavy (non-hydrogen) atoms.